The first-order valence-electron chi connectivity index (χ1n) is 7.58. The fourth-order valence-corrected chi connectivity index (χ4v) is 2.26. The van der Waals surface area contributed by atoms with Gasteiger partial charge in [-0.1, -0.05) is 48.4 Å². The highest BCUT2D eigenvalue weighted by Gasteiger charge is 2.08. The normalized spacial score (nSPS) is 11.9. The van der Waals surface area contributed by atoms with Crippen LogP contribution in [0.4, 0.5) is 0 Å². The lowest BCUT2D eigenvalue weighted by molar-refractivity contribution is 0.286. The van der Waals surface area contributed by atoms with Crippen LogP contribution in [0.3, 0.4) is 0 Å². The van der Waals surface area contributed by atoms with E-state index < -0.39 is 0 Å². The van der Waals surface area contributed by atoms with Crippen molar-refractivity contribution in [1.29, 1.82) is 0 Å². The van der Waals surface area contributed by atoms with Gasteiger partial charge in [0.2, 0.25) is 0 Å². The summed E-state index contributed by atoms with van der Waals surface area (Å²) in [6.45, 7) is 3.47. The molecule has 22 heavy (non-hydrogen) atoms. The van der Waals surface area contributed by atoms with Crippen molar-refractivity contribution < 1.29 is 4.74 Å². The van der Waals surface area contributed by atoms with E-state index >= 15 is 0 Å². The summed E-state index contributed by atoms with van der Waals surface area (Å²) in [5, 5.41) is 0. The van der Waals surface area contributed by atoms with E-state index in [1.165, 1.54) is 11.1 Å². The van der Waals surface area contributed by atoms with Gasteiger partial charge in [0.1, 0.15) is 12.4 Å². The van der Waals surface area contributed by atoms with Crippen molar-refractivity contribution in [3.8, 4) is 18.1 Å². The molecule has 0 radical (unpaired) electrons. The molecule has 2 aromatic carbocycles. The van der Waals surface area contributed by atoms with E-state index in [2.05, 4.69) is 49.1 Å². The van der Waals surface area contributed by atoms with Gasteiger partial charge in [0.05, 0.1) is 6.54 Å². The predicted octanol–water partition coefficient (Wildman–Crippen LogP) is 3.76. The molecule has 2 heteroatoms. The molecule has 0 aliphatic heterocycles. The summed E-state index contributed by atoms with van der Waals surface area (Å²) in [5.74, 6) is 3.58. The van der Waals surface area contributed by atoms with Crippen molar-refractivity contribution in [1.82, 2.24) is 4.90 Å². The van der Waals surface area contributed by atoms with Crippen molar-refractivity contribution in [2.24, 2.45) is 0 Å². The molecule has 0 N–H and O–H groups in total. The number of terminal acetylenes is 1. The number of hydrogen-bond donors (Lipinski definition) is 0. The van der Waals surface area contributed by atoms with Crippen LogP contribution >= 0.6 is 0 Å². The summed E-state index contributed by atoms with van der Waals surface area (Å²) in [6, 6.07) is 18.9. The third-order valence-electron chi connectivity index (χ3n) is 3.80. The number of nitrogens with zero attached hydrogens (tertiary/aromatic N) is 1. The predicted molar refractivity (Wildman–Crippen MR) is 91.8 cm³/mol. The second kappa shape index (κ2) is 8.26. The molecular weight excluding hydrogens is 270 g/mol. The molecule has 0 aromatic heterocycles. The van der Waals surface area contributed by atoms with Gasteiger partial charge in [-0.05, 0) is 43.7 Å². The first-order valence-corrected chi connectivity index (χ1v) is 7.58. The van der Waals surface area contributed by atoms with Gasteiger partial charge >= 0.3 is 0 Å². The van der Waals surface area contributed by atoms with Crippen LogP contribution in [0.25, 0.3) is 0 Å². The minimum atomic E-state index is 0.423. The van der Waals surface area contributed by atoms with E-state index in [1.807, 2.05) is 30.3 Å². The van der Waals surface area contributed by atoms with E-state index in [9.17, 15) is 0 Å². The van der Waals surface area contributed by atoms with Crippen LogP contribution in [0.1, 0.15) is 18.1 Å². The lowest BCUT2D eigenvalue weighted by atomic mass is 10.1. The second-order valence-electron chi connectivity index (χ2n) is 5.59. The highest BCUT2D eigenvalue weighted by molar-refractivity contribution is 5.28. The summed E-state index contributed by atoms with van der Waals surface area (Å²) in [4.78, 5) is 2.18. The van der Waals surface area contributed by atoms with Gasteiger partial charge in [-0.2, -0.15) is 0 Å². The van der Waals surface area contributed by atoms with Crippen molar-refractivity contribution >= 4 is 0 Å². The minimum Gasteiger partial charge on any atom is -0.489 e. The molecule has 0 bridgehead atoms. The summed E-state index contributed by atoms with van der Waals surface area (Å²) >= 11 is 0. The van der Waals surface area contributed by atoms with Crippen molar-refractivity contribution in [2.75, 3.05) is 13.6 Å². The van der Waals surface area contributed by atoms with Crippen LogP contribution in [0.2, 0.25) is 0 Å². The highest BCUT2D eigenvalue weighted by atomic mass is 16.5. The Morgan fingerprint density at radius 2 is 1.73 bits per heavy atom. The molecule has 0 saturated carbocycles. The number of hydrogen-bond acceptors (Lipinski definition) is 2. The Kier molecular flexibility index (Phi) is 6.06. The number of rotatable bonds is 7. The van der Waals surface area contributed by atoms with Crippen molar-refractivity contribution in [3.05, 3.63) is 65.7 Å². The Morgan fingerprint density at radius 1 is 1.05 bits per heavy atom. The Morgan fingerprint density at radius 3 is 2.36 bits per heavy atom. The van der Waals surface area contributed by atoms with E-state index in [0.29, 0.717) is 19.2 Å². The minimum absolute atomic E-state index is 0.423. The average Bonchev–Trinajstić information content (AvgIpc) is 2.55. The standard InChI is InChI=1S/C20H23NO/c1-4-14-21(3)17(2)15-18-10-12-20(13-11-18)22-16-19-8-6-5-7-9-19/h1,5-13,17H,14-16H2,2-3H3/t17-/m1/s1. The SMILES string of the molecule is C#CCN(C)[C@H](C)Cc1ccc(OCc2ccccc2)cc1. The lowest BCUT2D eigenvalue weighted by Crippen LogP contribution is -2.31. The lowest BCUT2D eigenvalue weighted by Gasteiger charge is -2.22. The van der Waals surface area contributed by atoms with Gasteiger partial charge in [0.25, 0.3) is 0 Å². The van der Waals surface area contributed by atoms with Gasteiger partial charge in [-0.3, -0.25) is 4.90 Å². The third-order valence-corrected chi connectivity index (χ3v) is 3.80. The van der Waals surface area contributed by atoms with Crippen molar-refractivity contribution in [3.63, 3.8) is 0 Å². The second-order valence-corrected chi connectivity index (χ2v) is 5.59. The van der Waals surface area contributed by atoms with Crippen LogP contribution in [0, 0.1) is 12.3 Å². The van der Waals surface area contributed by atoms with E-state index in [0.717, 1.165) is 12.2 Å². The van der Waals surface area contributed by atoms with Crippen molar-refractivity contribution in [2.45, 2.75) is 26.0 Å². The molecule has 2 nitrogen and oxygen atoms in total. The summed E-state index contributed by atoms with van der Waals surface area (Å²) in [5.41, 5.74) is 2.47. The summed E-state index contributed by atoms with van der Waals surface area (Å²) < 4.78 is 5.80. The molecule has 2 aromatic rings. The highest BCUT2D eigenvalue weighted by Crippen LogP contribution is 2.16. The van der Waals surface area contributed by atoms with Gasteiger partial charge in [0, 0.05) is 6.04 Å². The van der Waals surface area contributed by atoms with Gasteiger partial charge < -0.3 is 4.74 Å². The maximum absolute atomic E-state index is 5.80. The van der Waals surface area contributed by atoms with Gasteiger partial charge in [-0.25, -0.2) is 0 Å². The first kappa shape index (κ1) is 16.1. The number of likely N-dealkylation sites (N-methyl/N-ethyl adjacent to an activating group) is 1. The molecule has 114 valence electrons. The summed E-state index contributed by atoms with van der Waals surface area (Å²) in [6.07, 6.45) is 6.34. The molecule has 0 unspecified atom stereocenters. The molecule has 0 spiro atoms. The quantitative estimate of drug-likeness (QED) is 0.721. The van der Waals surface area contributed by atoms with E-state index in [1.54, 1.807) is 0 Å². The molecule has 0 aliphatic rings. The molecule has 0 heterocycles. The maximum atomic E-state index is 5.80. The largest absolute Gasteiger partial charge is 0.489 e. The Bertz CT molecular complexity index is 598. The Hall–Kier alpha value is -2.24. The molecule has 0 aliphatic carbocycles. The maximum Gasteiger partial charge on any atom is 0.119 e. The van der Waals surface area contributed by atoms with E-state index in [4.69, 9.17) is 11.2 Å². The average molecular weight is 293 g/mol. The van der Waals surface area contributed by atoms with Gasteiger partial charge in [0.15, 0.2) is 0 Å². The summed E-state index contributed by atoms with van der Waals surface area (Å²) in [7, 11) is 2.06. The molecule has 0 saturated heterocycles. The molecule has 2 rings (SSSR count). The van der Waals surface area contributed by atoms with Crippen LogP contribution in [-0.4, -0.2) is 24.5 Å². The fourth-order valence-electron chi connectivity index (χ4n) is 2.26. The Balaban J connectivity index is 1.86. The monoisotopic (exact) mass is 293 g/mol. The zero-order chi connectivity index (χ0) is 15.8. The van der Waals surface area contributed by atoms with E-state index in [-0.39, 0.29) is 0 Å². The molecular formula is C20H23NO. The molecule has 0 amide bonds. The van der Waals surface area contributed by atoms with Crippen LogP contribution in [0.5, 0.6) is 5.75 Å². The number of ether oxygens (including phenoxy) is 1. The smallest absolute Gasteiger partial charge is 0.119 e. The van der Waals surface area contributed by atoms with Crippen LogP contribution in [-0.2, 0) is 13.0 Å². The fraction of sp³-hybridized carbons (Fsp3) is 0.300. The zero-order valence-electron chi connectivity index (χ0n) is 13.3. The number of benzene rings is 2. The molecule has 0 fully saturated rings. The zero-order valence-corrected chi connectivity index (χ0v) is 13.3. The van der Waals surface area contributed by atoms with Crippen LogP contribution in [0.15, 0.2) is 54.6 Å². The Labute approximate surface area is 133 Å². The third kappa shape index (κ3) is 4.95. The first-order chi connectivity index (χ1) is 10.7. The topological polar surface area (TPSA) is 12.5 Å². The van der Waals surface area contributed by atoms with Gasteiger partial charge in [-0.15, -0.1) is 6.42 Å². The molecule has 1 atom stereocenters. The van der Waals surface area contributed by atoms with Crippen LogP contribution < -0.4 is 4.74 Å².